The van der Waals surface area contributed by atoms with Gasteiger partial charge in [0.25, 0.3) is 0 Å². The van der Waals surface area contributed by atoms with Crippen molar-refractivity contribution in [2.24, 2.45) is 0 Å². The van der Waals surface area contributed by atoms with E-state index in [1.807, 2.05) is 0 Å². The minimum absolute atomic E-state index is 0. The topological polar surface area (TPSA) is 75.7 Å². The van der Waals surface area contributed by atoms with E-state index in [0.29, 0.717) is 18.7 Å². The summed E-state index contributed by atoms with van der Waals surface area (Å²) < 4.78 is 63.9. The highest BCUT2D eigenvalue weighted by molar-refractivity contribution is 7.92. The Morgan fingerprint density at radius 2 is 1.89 bits per heavy atom. The quantitative estimate of drug-likeness (QED) is 0.774. The first-order valence-corrected chi connectivity index (χ1v) is 9.84. The first kappa shape index (κ1) is 23.5. The summed E-state index contributed by atoms with van der Waals surface area (Å²) >= 11 is 0. The van der Waals surface area contributed by atoms with Crippen molar-refractivity contribution in [3.05, 3.63) is 29.8 Å². The van der Waals surface area contributed by atoms with E-state index in [-0.39, 0.29) is 31.8 Å². The Kier molecular flexibility index (Phi) is 7.54. The van der Waals surface area contributed by atoms with Gasteiger partial charge in [-0.05, 0) is 43.6 Å². The van der Waals surface area contributed by atoms with Gasteiger partial charge in [-0.2, -0.15) is 0 Å². The summed E-state index contributed by atoms with van der Waals surface area (Å²) in [4.78, 5) is 14.1. The van der Waals surface area contributed by atoms with Crippen LogP contribution in [0.5, 0.6) is 5.75 Å². The molecule has 2 rings (SSSR count). The molecule has 1 saturated heterocycles. The van der Waals surface area contributed by atoms with Crippen LogP contribution < -0.4 is 10.1 Å². The number of carbonyl (C=O) groups is 1. The lowest BCUT2D eigenvalue weighted by atomic mass is 9.95. The second kappa shape index (κ2) is 8.66. The molecule has 27 heavy (non-hydrogen) atoms. The molecule has 0 atom stereocenters. The van der Waals surface area contributed by atoms with Crippen molar-refractivity contribution in [2.45, 2.75) is 30.5 Å². The number of sulfone groups is 1. The Balaban J connectivity index is 0.00000364. The highest BCUT2D eigenvalue weighted by Gasteiger charge is 2.49. The molecule has 0 radical (unpaired) electrons. The van der Waals surface area contributed by atoms with Gasteiger partial charge >= 0.3 is 6.36 Å². The van der Waals surface area contributed by atoms with E-state index in [2.05, 4.69) is 10.1 Å². The smallest absolute Gasteiger partial charge is 0.406 e. The number of hydrogen-bond acceptors (Lipinski definition) is 5. The van der Waals surface area contributed by atoms with Crippen LogP contribution in [-0.4, -0.2) is 56.7 Å². The predicted octanol–water partition coefficient (Wildman–Crippen LogP) is 2.13. The molecule has 6 nitrogen and oxygen atoms in total. The number of nitrogens with zero attached hydrogens (tertiary/aromatic N) is 1. The predicted molar refractivity (Wildman–Crippen MR) is 96.5 cm³/mol. The normalized spacial score (nSPS) is 16.9. The van der Waals surface area contributed by atoms with Gasteiger partial charge in [0.2, 0.25) is 5.91 Å². The number of carbonyl (C=O) groups excluding carboxylic acids is 1. The van der Waals surface area contributed by atoms with E-state index in [0.717, 1.165) is 12.3 Å². The lowest BCUT2D eigenvalue weighted by Crippen LogP contribution is -2.57. The Morgan fingerprint density at radius 3 is 2.41 bits per heavy atom. The highest BCUT2D eigenvalue weighted by atomic mass is 35.5. The van der Waals surface area contributed by atoms with Crippen LogP contribution in [0.25, 0.3) is 0 Å². The maximum atomic E-state index is 12.9. The van der Waals surface area contributed by atoms with Gasteiger partial charge in [0.15, 0.2) is 14.6 Å². The van der Waals surface area contributed by atoms with Crippen LogP contribution in [0.15, 0.2) is 24.3 Å². The van der Waals surface area contributed by atoms with Gasteiger partial charge in [0.05, 0.1) is 0 Å². The Morgan fingerprint density at radius 1 is 1.30 bits per heavy atom. The first-order chi connectivity index (χ1) is 11.9. The van der Waals surface area contributed by atoms with Gasteiger partial charge in [0, 0.05) is 19.8 Å². The van der Waals surface area contributed by atoms with Gasteiger partial charge in [-0.15, -0.1) is 25.6 Å². The average molecular weight is 431 g/mol. The number of halogens is 4. The lowest BCUT2D eigenvalue weighted by molar-refractivity contribution is -0.274. The third-order valence-corrected chi connectivity index (χ3v) is 6.41. The summed E-state index contributed by atoms with van der Waals surface area (Å²) in [6.07, 6.45) is -3.45. The van der Waals surface area contributed by atoms with Gasteiger partial charge in [-0.3, -0.25) is 4.79 Å². The standard InChI is InChI=1S/C16H21F3N2O4S.ClH/c1-21(11-12-4-3-5-13(10-12)25-16(17,18)19)14(22)15(26(2,23)24)6-8-20-9-7-15;/h3-5,10,20H,6-9,11H2,1-2H3;1H. The number of amides is 1. The maximum absolute atomic E-state index is 12.9. The number of hydrogen-bond donors (Lipinski definition) is 1. The molecule has 0 bridgehead atoms. The zero-order valence-corrected chi connectivity index (χ0v) is 16.5. The molecular weight excluding hydrogens is 409 g/mol. The van der Waals surface area contributed by atoms with Crippen LogP contribution in [0, 0.1) is 0 Å². The van der Waals surface area contributed by atoms with E-state index < -0.39 is 32.6 Å². The van der Waals surface area contributed by atoms with Crippen LogP contribution >= 0.6 is 12.4 Å². The molecule has 1 aromatic rings. The van der Waals surface area contributed by atoms with Crippen LogP contribution in [0.1, 0.15) is 18.4 Å². The van der Waals surface area contributed by atoms with Crippen LogP contribution in [0.3, 0.4) is 0 Å². The first-order valence-electron chi connectivity index (χ1n) is 7.95. The summed E-state index contributed by atoms with van der Waals surface area (Å²) in [5.41, 5.74) is 0.403. The minimum Gasteiger partial charge on any atom is -0.406 e. The molecule has 11 heteroatoms. The van der Waals surface area contributed by atoms with Crippen LogP contribution in [-0.2, 0) is 21.2 Å². The van der Waals surface area contributed by atoms with E-state index in [9.17, 15) is 26.4 Å². The second-order valence-corrected chi connectivity index (χ2v) is 8.70. The van der Waals surface area contributed by atoms with Crippen LogP contribution in [0.2, 0.25) is 0 Å². The molecule has 1 fully saturated rings. The van der Waals surface area contributed by atoms with E-state index in [4.69, 9.17) is 0 Å². The summed E-state index contributed by atoms with van der Waals surface area (Å²) in [6.45, 7) is 0.779. The number of alkyl halides is 3. The molecule has 1 heterocycles. The molecular formula is C16H22ClF3N2O4S. The number of nitrogens with one attached hydrogen (secondary N) is 1. The Labute approximate surface area is 162 Å². The van der Waals surface area contributed by atoms with Crippen molar-refractivity contribution in [1.29, 1.82) is 0 Å². The lowest BCUT2D eigenvalue weighted by Gasteiger charge is -2.37. The summed E-state index contributed by atoms with van der Waals surface area (Å²) in [6, 6.07) is 5.25. The number of rotatable bonds is 5. The fourth-order valence-corrected chi connectivity index (χ4v) is 4.53. The molecule has 1 aromatic carbocycles. The van der Waals surface area contributed by atoms with Gasteiger partial charge in [-0.25, -0.2) is 8.42 Å². The maximum Gasteiger partial charge on any atom is 0.573 e. The third kappa shape index (κ3) is 5.73. The number of benzene rings is 1. The molecule has 1 amide bonds. The van der Waals surface area contributed by atoms with Crippen LogP contribution in [0.4, 0.5) is 13.2 Å². The molecule has 1 aliphatic rings. The zero-order chi connectivity index (χ0) is 19.6. The molecule has 1 aliphatic heterocycles. The summed E-state index contributed by atoms with van der Waals surface area (Å²) in [7, 11) is -2.22. The minimum atomic E-state index is -4.81. The number of piperidine rings is 1. The van der Waals surface area contributed by atoms with Crippen molar-refractivity contribution in [3.8, 4) is 5.75 Å². The van der Waals surface area contributed by atoms with Crippen molar-refractivity contribution >= 4 is 28.2 Å². The highest BCUT2D eigenvalue weighted by Crippen LogP contribution is 2.30. The Bertz CT molecular complexity index is 765. The summed E-state index contributed by atoms with van der Waals surface area (Å²) in [5.74, 6) is -0.945. The van der Waals surface area contributed by atoms with Gasteiger partial charge < -0.3 is 15.0 Å². The van der Waals surface area contributed by atoms with Crippen molar-refractivity contribution in [3.63, 3.8) is 0 Å². The fourth-order valence-electron chi connectivity index (χ4n) is 3.11. The largest absolute Gasteiger partial charge is 0.573 e. The SMILES string of the molecule is CN(Cc1cccc(OC(F)(F)F)c1)C(=O)C1(S(C)(=O)=O)CCNCC1.Cl. The monoisotopic (exact) mass is 430 g/mol. The van der Waals surface area contributed by atoms with E-state index >= 15 is 0 Å². The molecule has 0 saturated carbocycles. The van der Waals surface area contributed by atoms with E-state index in [1.165, 1.54) is 24.1 Å². The molecule has 0 unspecified atom stereocenters. The molecule has 1 N–H and O–H groups in total. The number of ether oxygens (including phenoxy) is 1. The Hall–Kier alpha value is -1.52. The summed E-state index contributed by atoms with van der Waals surface area (Å²) in [5, 5.41) is 3.03. The average Bonchev–Trinajstić information content (AvgIpc) is 2.52. The van der Waals surface area contributed by atoms with Crippen molar-refractivity contribution in [2.75, 3.05) is 26.4 Å². The third-order valence-electron chi connectivity index (χ3n) is 4.41. The van der Waals surface area contributed by atoms with Gasteiger partial charge in [0.1, 0.15) is 5.75 Å². The molecule has 0 aromatic heterocycles. The van der Waals surface area contributed by atoms with Crippen molar-refractivity contribution < 1.29 is 31.1 Å². The second-order valence-electron chi connectivity index (χ2n) is 6.37. The molecule has 0 aliphatic carbocycles. The van der Waals surface area contributed by atoms with Crippen molar-refractivity contribution in [1.82, 2.24) is 10.2 Å². The molecule has 154 valence electrons. The van der Waals surface area contributed by atoms with Gasteiger partial charge in [-0.1, -0.05) is 12.1 Å². The zero-order valence-electron chi connectivity index (χ0n) is 14.9. The van der Waals surface area contributed by atoms with E-state index in [1.54, 1.807) is 6.07 Å². The fraction of sp³-hybridized carbons (Fsp3) is 0.562. The molecule has 0 spiro atoms.